The fourth-order valence-corrected chi connectivity index (χ4v) is 1.66. The smallest absolute Gasteiger partial charge is 0.336 e. The maximum atomic E-state index is 10.8. The number of hydrogen-bond donors (Lipinski definition) is 0. The molecule has 1 heterocycles. The Kier molecular flexibility index (Phi) is 3.05. The van der Waals surface area contributed by atoms with E-state index in [9.17, 15) is 4.79 Å². The number of carbonyl (C=O) groups excluding carboxylic acids is 1. The zero-order valence-electron chi connectivity index (χ0n) is 6.87. The molecule has 0 fully saturated rings. The summed E-state index contributed by atoms with van der Waals surface area (Å²) in [5.41, 5.74) is 1.07. The molecule has 1 aromatic heterocycles. The number of hydrogen-bond acceptors (Lipinski definition) is 3. The van der Waals surface area contributed by atoms with E-state index in [2.05, 4.69) is 6.58 Å². The van der Waals surface area contributed by atoms with Gasteiger partial charge in [-0.15, -0.1) is 11.3 Å². The van der Waals surface area contributed by atoms with Crippen molar-refractivity contribution < 1.29 is 9.53 Å². The number of rotatable bonds is 3. The first kappa shape index (κ1) is 9.00. The monoisotopic (exact) mass is 182 g/mol. The number of carbonyl (C=O) groups is 1. The quantitative estimate of drug-likeness (QED) is 0.530. The van der Waals surface area contributed by atoms with Crippen LogP contribution in [0.1, 0.15) is 12.5 Å². The van der Waals surface area contributed by atoms with Gasteiger partial charge in [-0.3, -0.25) is 0 Å². The van der Waals surface area contributed by atoms with Gasteiger partial charge in [-0.1, -0.05) is 13.5 Å². The van der Waals surface area contributed by atoms with Crippen molar-refractivity contribution in [2.45, 2.75) is 13.3 Å². The third-order valence-corrected chi connectivity index (χ3v) is 2.28. The highest BCUT2D eigenvalue weighted by Gasteiger charge is 2.05. The Balaban J connectivity index is 2.74. The van der Waals surface area contributed by atoms with Gasteiger partial charge in [-0.05, 0) is 17.9 Å². The molecule has 0 saturated carbocycles. The summed E-state index contributed by atoms with van der Waals surface area (Å²) in [7, 11) is 0. The molecule has 64 valence electrons. The highest BCUT2D eigenvalue weighted by atomic mass is 32.1. The SMILES string of the molecule is C=CC(=O)Oc1sccc1CC. The molecule has 3 heteroatoms. The van der Waals surface area contributed by atoms with Gasteiger partial charge < -0.3 is 4.74 Å². The van der Waals surface area contributed by atoms with Gasteiger partial charge in [0.1, 0.15) is 0 Å². The molecular formula is C9H10O2S. The summed E-state index contributed by atoms with van der Waals surface area (Å²) < 4.78 is 4.99. The van der Waals surface area contributed by atoms with E-state index in [-0.39, 0.29) is 0 Å². The van der Waals surface area contributed by atoms with E-state index in [4.69, 9.17) is 4.74 Å². The fraction of sp³-hybridized carbons (Fsp3) is 0.222. The van der Waals surface area contributed by atoms with Gasteiger partial charge in [0.05, 0.1) is 0 Å². The number of ether oxygens (including phenoxy) is 1. The summed E-state index contributed by atoms with van der Waals surface area (Å²) in [6.07, 6.45) is 2.04. The minimum absolute atomic E-state index is 0.396. The van der Waals surface area contributed by atoms with Gasteiger partial charge in [0.25, 0.3) is 0 Å². The molecule has 1 aromatic rings. The normalized spacial score (nSPS) is 9.42. The first-order valence-electron chi connectivity index (χ1n) is 3.68. The van der Waals surface area contributed by atoms with Crippen molar-refractivity contribution in [3.8, 4) is 5.06 Å². The van der Waals surface area contributed by atoms with Crippen LogP contribution in [0.4, 0.5) is 0 Å². The topological polar surface area (TPSA) is 26.3 Å². The molecule has 0 unspecified atom stereocenters. The largest absolute Gasteiger partial charge is 0.412 e. The number of thiophene rings is 1. The summed E-state index contributed by atoms with van der Waals surface area (Å²) in [4.78, 5) is 10.8. The van der Waals surface area contributed by atoms with Crippen molar-refractivity contribution in [2.24, 2.45) is 0 Å². The van der Waals surface area contributed by atoms with Crippen LogP contribution in [-0.4, -0.2) is 5.97 Å². The van der Waals surface area contributed by atoms with Crippen LogP contribution in [0.2, 0.25) is 0 Å². The number of esters is 1. The predicted molar refractivity (Wildman–Crippen MR) is 49.5 cm³/mol. The average Bonchev–Trinajstić information content (AvgIpc) is 2.51. The summed E-state index contributed by atoms with van der Waals surface area (Å²) in [5.74, 6) is -0.396. The van der Waals surface area contributed by atoms with Crippen molar-refractivity contribution in [3.63, 3.8) is 0 Å². The van der Waals surface area contributed by atoms with E-state index in [1.165, 1.54) is 17.4 Å². The van der Waals surface area contributed by atoms with E-state index in [0.717, 1.165) is 12.0 Å². The highest BCUT2D eigenvalue weighted by molar-refractivity contribution is 7.12. The Morgan fingerprint density at radius 3 is 3.17 bits per heavy atom. The Morgan fingerprint density at radius 2 is 2.58 bits per heavy atom. The van der Waals surface area contributed by atoms with Crippen LogP contribution in [-0.2, 0) is 11.2 Å². The standard InChI is InChI=1S/C9H10O2S/c1-3-7-5-6-12-9(7)11-8(10)4-2/h4-6H,2-3H2,1H3. The molecule has 0 N–H and O–H groups in total. The van der Waals surface area contributed by atoms with E-state index < -0.39 is 5.97 Å². The molecule has 0 aliphatic heterocycles. The molecule has 0 bridgehead atoms. The zero-order valence-corrected chi connectivity index (χ0v) is 7.69. The summed E-state index contributed by atoms with van der Waals surface area (Å²) in [6.45, 7) is 5.35. The first-order chi connectivity index (χ1) is 5.77. The Labute approximate surface area is 75.5 Å². The van der Waals surface area contributed by atoms with Gasteiger partial charge in [-0.2, -0.15) is 0 Å². The lowest BCUT2D eigenvalue weighted by Gasteiger charge is -1.99. The van der Waals surface area contributed by atoms with Crippen LogP contribution < -0.4 is 4.74 Å². The summed E-state index contributed by atoms with van der Waals surface area (Å²) in [6, 6.07) is 1.95. The van der Waals surface area contributed by atoms with Crippen LogP contribution in [0.3, 0.4) is 0 Å². The van der Waals surface area contributed by atoms with Crippen LogP contribution >= 0.6 is 11.3 Å². The van der Waals surface area contributed by atoms with Gasteiger partial charge in [0.2, 0.25) is 0 Å². The molecule has 0 saturated heterocycles. The van der Waals surface area contributed by atoms with E-state index in [0.29, 0.717) is 5.06 Å². The van der Waals surface area contributed by atoms with E-state index in [1.807, 2.05) is 18.4 Å². The molecule has 0 radical (unpaired) electrons. The van der Waals surface area contributed by atoms with Gasteiger partial charge >= 0.3 is 5.97 Å². The maximum absolute atomic E-state index is 10.8. The van der Waals surface area contributed by atoms with E-state index in [1.54, 1.807) is 0 Å². The first-order valence-corrected chi connectivity index (χ1v) is 4.56. The average molecular weight is 182 g/mol. The minimum atomic E-state index is -0.396. The number of aryl methyl sites for hydroxylation is 1. The van der Waals surface area contributed by atoms with Crippen LogP contribution in [0.5, 0.6) is 5.06 Å². The molecule has 0 aliphatic rings. The maximum Gasteiger partial charge on any atom is 0.336 e. The van der Waals surface area contributed by atoms with Gasteiger partial charge in [0, 0.05) is 11.6 Å². The van der Waals surface area contributed by atoms with Crippen LogP contribution in [0.25, 0.3) is 0 Å². The van der Waals surface area contributed by atoms with Crippen molar-refractivity contribution in [1.29, 1.82) is 0 Å². The van der Waals surface area contributed by atoms with Crippen molar-refractivity contribution in [2.75, 3.05) is 0 Å². The molecule has 0 spiro atoms. The molecule has 0 aromatic carbocycles. The summed E-state index contributed by atoms with van der Waals surface area (Å²) >= 11 is 1.43. The second-order valence-corrected chi connectivity index (χ2v) is 3.09. The molecule has 0 aliphatic carbocycles. The Morgan fingerprint density at radius 1 is 1.83 bits per heavy atom. The Bertz CT molecular complexity index is 288. The third kappa shape index (κ3) is 1.95. The molecule has 1 rings (SSSR count). The lowest BCUT2D eigenvalue weighted by atomic mass is 10.3. The molecule has 12 heavy (non-hydrogen) atoms. The Hall–Kier alpha value is -1.09. The van der Waals surface area contributed by atoms with Gasteiger partial charge in [-0.25, -0.2) is 4.79 Å². The lowest BCUT2D eigenvalue weighted by Crippen LogP contribution is -2.02. The second-order valence-electron chi connectivity index (χ2n) is 2.21. The zero-order chi connectivity index (χ0) is 8.97. The fourth-order valence-electron chi connectivity index (χ4n) is 0.807. The van der Waals surface area contributed by atoms with Crippen molar-refractivity contribution in [3.05, 3.63) is 29.7 Å². The van der Waals surface area contributed by atoms with Crippen LogP contribution in [0.15, 0.2) is 24.1 Å². The minimum Gasteiger partial charge on any atom is -0.412 e. The third-order valence-electron chi connectivity index (χ3n) is 1.45. The highest BCUT2D eigenvalue weighted by Crippen LogP contribution is 2.26. The predicted octanol–water partition coefficient (Wildman–Crippen LogP) is 2.40. The second kappa shape index (κ2) is 4.07. The molecule has 0 atom stereocenters. The van der Waals surface area contributed by atoms with Gasteiger partial charge in [0.15, 0.2) is 5.06 Å². The van der Waals surface area contributed by atoms with Crippen LogP contribution in [0, 0.1) is 0 Å². The molecule has 0 amide bonds. The molecular weight excluding hydrogens is 172 g/mol. The van der Waals surface area contributed by atoms with Crippen molar-refractivity contribution >= 4 is 17.3 Å². The summed E-state index contributed by atoms with van der Waals surface area (Å²) in [5, 5.41) is 2.59. The van der Waals surface area contributed by atoms with Crippen molar-refractivity contribution in [1.82, 2.24) is 0 Å². The lowest BCUT2D eigenvalue weighted by molar-refractivity contribution is -0.128. The molecule has 2 nitrogen and oxygen atoms in total. The van der Waals surface area contributed by atoms with E-state index >= 15 is 0 Å².